The second-order valence-corrected chi connectivity index (χ2v) is 6.41. The van der Waals surface area contributed by atoms with E-state index in [2.05, 4.69) is 15.2 Å². The fraction of sp³-hybridized carbons (Fsp3) is 0.350. The Balaban J connectivity index is 1.73. The number of para-hydroxylation sites is 2. The van der Waals surface area contributed by atoms with Crippen molar-refractivity contribution < 1.29 is 14.3 Å². The van der Waals surface area contributed by atoms with E-state index in [1.165, 1.54) is 6.20 Å². The lowest BCUT2D eigenvalue weighted by atomic mass is 10.1. The molecule has 1 fully saturated rings. The van der Waals surface area contributed by atoms with Gasteiger partial charge in [0.2, 0.25) is 0 Å². The van der Waals surface area contributed by atoms with Gasteiger partial charge in [-0.3, -0.25) is 14.6 Å². The summed E-state index contributed by atoms with van der Waals surface area (Å²) in [6.45, 7) is 5.44. The average Bonchev–Trinajstić information content (AvgIpc) is 2.70. The standard InChI is InChI=1S/C20H24N4O3/c1-3-27-18-7-5-4-6-16(18)22-19(25)17-14-15(8-9-21-17)20(26)24-12-10-23(2)11-13-24/h4-9,14H,3,10-13H2,1-2H3,(H,22,25). The second kappa shape index (κ2) is 8.64. The van der Waals surface area contributed by atoms with E-state index < -0.39 is 0 Å². The van der Waals surface area contributed by atoms with Gasteiger partial charge in [-0.1, -0.05) is 12.1 Å². The van der Waals surface area contributed by atoms with Gasteiger partial charge in [0.15, 0.2) is 0 Å². The van der Waals surface area contributed by atoms with Crippen molar-refractivity contribution >= 4 is 17.5 Å². The molecule has 1 N–H and O–H groups in total. The molecule has 1 aliphatic rings. The third-order valence-electron chi connectivity index (χ3n) is 4.47. The largest absolute Gasteiger partial charge is 0.492 e. The van der Waals surface area contributed by atoms with Crippen molar-refractivity contribution in [1.29, 1.82) is 0 Å². The number of nitrogens with zero attached hydrogens (tertiary/aromatic N) is 3. The summed E-state index contributed by atoms with van der Waals surface area (Å²) in [7, 11) is 2.04. The fourth-order valence-electron chi connectivity index (χ4n) is 2.92. The van der Waals surface area contributed by atoms with Crippen LogP contribution in [-0.2, 0) is 0 Å². The number of carbonyl (C=O) groups is 2. The van der Waals surface area contributed by atoms with Crippen LogP contribution < -0.4 is 10.1 Å². The number of hydrogen-bond donors (Lipinski definition) is 1. The van der Waals surface area contributed by atoms with E-state index in [0.29, 0.717) is 36.7 Å². The van der Waals surface area contributed by atoms with Crippen molar-refractivity contribution in [2.75, 3.05) is 45.2 Å². The molecule has 0 unspecified atom stereocenters. The van der Waals surface area contributed by atoms with E-state index in [4.69, 9.17) is 4.74 Å². The van der Waals surface area contributed by atoms with Crippen molar-refractivity contribution in [3.63, 3.8) is 0 Å². The maximum absolute atomic E-state index is 12.7. The van der Waals surface area contributed by atoms with Crippen LogP contribution in [0, 0.1) is 0 Å². The molecule has 1 aromatic heterocycles. The summed E-state index contributed by atoms with van der Waals surface area (Å²) in [6, 6.07) is 10.4. The molecule has 7 heteroatoms. The number of likely N-dealkylation sites (N-methyl/N-ethyl adjacent to an activating group) is 1. The number of pyridine rings is 1. The summed E-state index contributed by atoms with van der Waals surface area (Å²) in [6.07, 6.45) is 1.49. The van der Waals surface area contributed by atoms with Crippen molar-refractivity contribution in [1.82, 2.24) is 14.8 Å². The zero-order valence-electron chi connectivity index (χ0n) is 15.6. The van der Waals surface area contributed by atoms with E-state index >= 15 is 0 Å². The lowest BCUT2D eigenvalue weighted by Gasteiger charge is -2.32. The molecule has 2 heterocycles. The summed E-state index contributed by atoms with van der Waals surface area (Å²) in [5.41, 5.74) is 1.24. The molecule has 0 atom stereocenters. The van der Waals surface area contributed by atoms with Crippen LogP contribution in [0.3, 0.4) is 0 Å². The molecule has 2 amide bonds. The first-order valence-corrected chi connectivity index (χ1v) is 9.05. The summed E-state index contributed by atoms with van der Waals surface area (Å²) in [4.78, 5) is 33.4. The Hall–Kier alpha value is -2.93. The molecule has 27 heavy (non-hydrogen) atoms. The Morgan fingerprint density at radius 3 is 2.63 bits per heavy atom. The third-order valence-corrected chi connectivity index (χ3v) is 4.47. The molecule has 1 saturated heterocycles. The first-order chi connectivity index (χ1) is 13.1. The molecule has 2 aromatic rings. The number of amides is 2. The van der Waals surface area contributed by atoms with Crippen LogP contribution in [-0.4, -0.2) is 66.4 Å². The molecule has 7 nitrogen and oxygen atoms in total. The van der Waals surface area contributed by atoms with Crippen LogP contribution >= 0.6 is 0 Å². The molecule has 0 spiro atoms. The highest BCUT2D eigenvalue weighted by molar-refractivity contribution is 6.05. The summed E-state index contributed by atoms with van der Waals surface area (Å²) in [5.74, 6) is 0.141. The van der Waals surface area contributed by atoms with E-state index in [1.54, 1.807) is 29.2 Å². The van der Waals surface area contributed by atoms with Gasteiger partial charge in [0, 0.05) is 37.9 Å². The highest BCUT2D eigenvalue weighted by atomic mass is 16.5. The molecule has 0 bridgehead atoms. The van der Waals surface area contributed by atoms with Gasteiger partial charge in [-0.15, -0.1) is 0 Å². The number of hydrogen-bond acceptors (Lipinski definition) is 5. The van der Waals surface area contributed by atoms with Crippen molar-refractivity contribution in [2.24, 2.45) is 0 Å². The number of rotatable bonds is 5. The molecule has 142 valence electrons. The lowest BCUT2D eigenvalue weighted by molar-refractivity contribution is 0.0664. The van der Waals surface area contributed by atoms with E-state index in [0.717, 1.165) is 13.1 Å². The SMILES string of the molecule is CCOc1ccccc1NC(=O)c1cc(C(=O)N2CCN(C)CC2)ccn1. The Kier molecular flexibility index (Phi) is 6.03. The van der Waals surface area contributed by atoms with E-state index in [1.807, 2.05) is 26.1 Å². The Labute approximate surface area is 158 Å². The molecule has 3 rings (SSSR count). The Bertz CT molecular complexity index is 816. The summed E-state index contributed by atoms with van der Waals surface area (Å²) < 4.78 is 5.52. The van der Waals surface area contributed by atoms with Gasteiger partial charge in [0.05, 0.1) is 12.3 Å². The van der Waals surface area contributed by atoms with E-state index in [9.17, 15) is 9.59 Å². The lowest BCUT2D eigenvalue weighted by Crippen LogP contribution is -2.47. The Morgan fingerprint density at radius 1 is 1.15 bits per heavy atom. The molecular weight excluding hydrogens is 344 g/mol. The predicted octanol–water partition coefficient (Wildman–Crippen LogP) is 2.12. The molecule has 0 saturated carbocycles. The molecule has 1 aliphatic heterocycles. The van der Waals surface area contributed by atoms with Crippen LogP contribution in [0.4, 0.5) is 5.69 Å². The Morgan fingerprint density at radius 2 is 1.89 bits per heavy atom. The number of ether oxygens (including phenoxy) is 1. The summed E-state index contributed by atoms with van der Waals surface area (Å²) in [5, 5.41) is 2.81. The minimum absolute atomic E-state index is 0.0748. The second-order valence-electron chi connectivity index (χ2n) is 6.41. The maximum atomic E-state index is 12.7. The molecule has 1 aromatic carbocycles. The van der Waals surface area contributed by atoms with Crippen LogP contribution in [0.15, 0.2) is 42.6 Å². The number of piperazine rings is 1. The average molecular weight is 368 g/mol. The van der Waals surface area contributed by atoms with Gasteiger partial charge in [-0.2, -0.15) is 0 Å². The number of nitrogens with one attached hydrogen (secondary N) is 1. The number of carbonyl (C=O) groups excluding carboxylic acids is 2. The minimum atomic E-state index is -0.379. The van der Waals surface area contributed by atoms with Crippen molar-refractivity contribution in [3.05, 3.63) is 53.9 Å². The quantitative estimate of drug-likeness (QED) is 0.875. The minimum Gasteiger partial charge on any atom is -0.492 e. The summed E-state index contributed by atoms with van der Waals surface area (Å²) >= 11 is 0. The van der Waals surface area contributed by atoms with Gasteiger partial charge < -0.3 is 19.9 Å². The smallest absolute Gasteiger partial charge is 0.274 e. The van der Waals surface area contributed by atoms with Gasteiger partial charge in [0.25, 0.3) is 11.8 Å². The van der Waals surface area contributed by atoms with Gasteiger partial charge in [-0.25, -0.2) is 0 Å². The first kappa shape index (κ1) is 18.8. The van der Waals surface area contributed by atoms with Crippen molar-refractivity contribution in [3.8, 4) is 5.75 Å². The van der Waals surface area contributed by atoms with E-state index in [-0.39, 0.29) is 17.5 Å². The van der Waals surface area contributed by atoms with Crippen molar-refractivity contribution in [2.45, 2.75) is 6.92 Å². The third kappa shape index (κ3) is 4.62. The monoisotopic (exact) mass is 368 g/mol. The fourth-order valence-corrected chi connectivity index (χ4v) is 2.92. The number of benzene rings is 1. The van der Waals surface area contributed by atoms with Gasteiger partial charge in [-0.05, 0) is 38.2 Å². The van der Waals surface area contributed by atoms with Gasteiger partial charge in [0.1, 0.15) is 11.4 Å². The predicted molar refractivity (Wildman–Crippen MR) is 103 cm³/mol. The maximum Gasteiger partial charge on any atom is 0.274 e. The van der Waals surface area contributed by atoms with Gasteiger partial charge >= 0.3 is 0 Å². The number of aromatic nitrogens is 1. The number of anilines is 1. The van der Waals surface area contributed by atoms with Crippen LogP contribution in [0.2, 0.25) is 0 Å². The molecule has 0 radical (unpaired) electrons. The van der Waals surface area contributed by atoms with Crippen LogP contribution in [0.25, 0.3) is 0 Å². The zero-order chi connectivity index (χ0) is 19.2. The topological polar surface area (TPSA) is 74.8 Å². The zero-order valence-corrected chi connectivity index (χ0v) is 15.6. The van der Waals surface area contributed by atoms with Crippen LogP contribution in [0.1, 0.15) is 27.8 Å². The first-order valence-electron chi connectivity index (χ1n) is 9.05. The molecule has 0 aliphatic carbocycles. The highest BCUT2D eigenvalue weighted by Crippen LogP contribution is 2.24. The normalized spacial score (nSPS) is 14.7. The van der Waals surface area contributed by atoms with Crippen LogP contribution in [0.5, 0.6) is 5.75 Å². The highest BCUT2D eigenvalue weighted by Gasteiger charge is 2.21. The molecular formula is C20H24N4O3.